The highest BCUT2D eigenvalue weighted by Crippen LogP contribution is 2.55. The third-order valence-corrected chi connectivity index (χ3v) is 4.58. The van der Waals surface area contributed by atoms with E-state index in [0.717, 1.165) is 13.8 Å². The molecule has 23 heavy (non-hydrogen) atoms. The van der Waals surface area contributed by atoms with Gasteiger partial charge < -0.3 is 9.84 Å². The van der Waals surface area contributed by atoms with E-state index in [1.165, 1.54) is 0 Å². The molecule has 1 saturated carbocycles. The normalized spacial score (nSPS) is 26.8. The van der Waals surface area contributed by atoms with Crippen molar-refractivity contribution in [3.63, 3.8) is 0 Å². The zero-order valence-corrected chi connectivity index (χ0v) is 12.7. The highest BCUT2D eigenvalue weighted by Gasteiger charge is 2.81. The summed E-state index contributed by atoms with van der Waals surface area (Å²) in [7, 11) is 0. The number of β-lactam (4-membered cyclic amide) rings is 1. The molecule has 124 valence electrons. The van der Waals surface area contributed by atoms with Gasteiger partial charge in [-0.3, -0.25) is 28.8 Å². The molecule has 1 aliphatic carbocycles. The van der Waals surface area contributed by atoms with Gasteiger partial charge in [0.2, 0.25) is 28.3 Å². The molecule has 0 aromatic rings. The second-order valence-corrected chi connectivity index (χ2v) is 6.00. The van der Waals surface area contributed by atoms with Crippen molar-refractivity contribution in [1.82, 2.24) is 5.06 Å². The third kappa shape index (κ3) is 2.46. The van der Waals surface area contributed by atoms with Crippen LogP contribution in [0.4, 0.5) is 0 Å². The number of piperidine rings is 1. The van der Waals surface area contributed by atoms with Gasteiger partial charge in [0.05, 0.1) is 0 Å². The lowest BCUT2D eigenvalue weighted by Gasteiger charge is -2.57. The van der Waals surface area contributed by atoms with E-state index >= 15 is 0 Å². The fourth-order valence-electron chi connectivity index (χ4n) is 2.09. The van der Waals surface area contributed by atoms with E-state index in [0.29, 0.717) is 5.06 Å². The predicted molar refractivity (Wildman–Crippen MR) is 70.1 cm³/mol. The molecule has 3 atom stereocenters. The van der Waals surface area contributed by atoms with Gasteiger partial charge >= 0.3 is 5.97 Å². The van der Waals surface area contributed by atoms with Crippen LogP contribution in [0.5, 0.6) is 0 Å². The standard InChI is InChI=1S/C12H11NO9S/c1-4(14)7(16)11(20)23-12-6(8(17)9(12)18)10(19)13(12)22-3-21-5(2)15/h6-7,16H,3H2,1-2H3/t6?,7?,12-/m0/s1. The first-order valence-corrected chi connectivity index (χ1v) is 7.06. The molecule has 1 saturated heterocycles. The summed E-state index contributed by atoms with van der Waals surface area (Å²) >= 11 is 0.162. The highest BCUT2D eigenvalue weighted by molar-refractivity contribution is 8.16. The minimum Gasteiger partial charge on any atom is -0.436 e. The number of aliphatic hydroxyl groups is 1. The number of Topliss-reactive ketones (excluding diaryl/α,β-unsaturated/α-hetero) is 3. The largest absolute Gasteiger partial charge is 0.436 e. The lowest BCUT2D eigenvalue weighted by Crippen LogP contribution is -2.84. The van der Waals surface area contributed by atoms with Crippen molar-refractivity contribution >= 4 is 46.1 Å². The maximum Gasteiger partial charge on any atom is 0.304 e. The van der Waals surface area contributed by atoms with E-state index in [2.05, 4.69) is 4.74 Å². The fourth-order valence-corrected chi connectivity index (χ4v) is 3.41. The molecule has 10 nitrogen and oxygen atoms in total. The SMILES string of the molecule is CC(=O)OCON1C(=O)C2C(=O)C(=O)[C@@]21SC(=O)C(O)C(C)=O. The Morgan fingerprint density at radius 1 is 1.30 bits per heavy atom. The van der Waals surface area contributed by atoms with Crippen LogP contribution in [0.1, 0.15) is 13.8 Å². The summed E-state index contributed by atoms with van der Waals surface area (Å²) in [5, 5.41) is 8.77. The van der Waals surface area contributed by atoms with Crippen LogP contribution in [0.2, 0.25) is 0 Å². The van der Waals surface area contributed by atoms with Crippen molar-refractivity contribution in [2.75, 3.05) is 6.79 Å². The number of nitrogens with zero attached hydrogens (tertiary/aromatic N) is 1. The van der Waals surface area contributed by atoms with Crippen LogP contribution in [-0.2, 0) is 38.3 Å². The van der Waals surface area contributed by atoms with Gasteiger partial charge in [-0.15, -0.1) is 0 Å². The summed E-state index contributed by atoms with van der Waals surface area (Å²) in [6.45, 7) is 1.34. The van der Waals surface area contributed by atoms with Crippen molar-refractivity contribution in [3.8, 4) is 0 Å². The molecule has 1 amide bonds. The molecule has 0 aromatic heterocycles. The number of carbonyl (C=O) groups excluding carboxylic acids is 6. The van der Waals surface area contributed by atoms with Crippen molar-refractivity contribution in [3.05, 3.63) is 0 Å². The molecule has 0 aromatic carbocycles. The lowest BCUT2D eigenvalue weighted by atomic mass is 9.68. The number of amides is 1. The summed E-state index contributed by atoms with van der Waals surface area (Å²) in [6.07, 6.45) is -2.00. The second-order valence-electron chi connectivity index (χ2n) is 4.77. The smallest absolute Gasteiger partial charge is 0.304 e. The average molecular weight is 345 g/mol. The van der Waals surface area contributed by atoms with Crippen LogP contribution in [0.25, 0.3) is 0 Å². The number of hydrogen-bond acceptors (Lipinski definition) is 10. The Morgan fingerprint density at radius 3 is 2.43 bits per heavy atom. The van der Waals surface area contributed by atoms with Crippen LogP contribution < -0.4 is 0 Å². The monoisotopic (exact) mass is 345 g/mol. The summed E-state index contributed by atoms with van der Waals surface area (Å²) in [6, 6.07) is 0. The Labute approximate surface area is 133 Å². The van der Waals surface area contributed by atoms with Crippen molar-refractivity contribution < 1.29 is 43.4 Å². The quantitative estimate of drug-likeness (QED) is 0.188. The second kappa shape index (κ2) is 5.83. The molecular weight excluding hydrogens is 334 g/mol. The Balaban J connectivity index is 2.16. The molecule has 11 heteroatoms. The first-order chi connectivity index (χ1) is 10.6. The summed E-state index contributed by atoms with van der Waals surface area (Å²) in [5.41, 5.74) is 0. The lowest BCUT2D eigenvalue weighted by molar-refractivity contribution is -0.278. The van der Waals surface area contributed by atoms with Gasteiger partial charge in [0.1, 0.15) is 5.92 Å². The van der Waals surface area contributed by atoms with Crippen LogP contribution >= 0.6 is 11.8 Å². The Hall–Kier alpha value is -2.11. The zero-order chi connectivity index (χ0) is 17.5. The molecular formula is C12H11NO9S. The first-order valence-electron chi connectivity index (χ1n) is 6.25. The Morgan fingerprint density at radius 2 is 1.91 bits per heavy atom. The Bertz CT molecular complexity index is 644. The minimum absolute atomic E-state index is 0.162. The number of fused-ring (bicyclic) bond motifs is 1. The number of esters is 1. The molecule has 1 aliphatic heterocycles. The van der Waals surface area contributed by atoms with E-state index in [9.17, 15) is 33.9 Å². The highest BCUT2D eigenvalue weighted by atomic mass is 32.2. The molecule has 2 rings (SSSR count). The van der Waals surface area contributed by atoms with Crippen molar-refractivity contribution in [2.24, 2.45) is 5.92 Å². The zero-order valence-electron chi connectivity index (χ0n) is 11.9. The van der Waals surface area contributed by atoms with Crippen LogP contribution in [0.15, 0.2) is 0 Å². The molecule has 1 heterocycles. The number of carbonyl (C=O) groups is 6. The molecule has 2 aliphatic rings. The number of hydroxylamine groups is 2. The van der Waals surface area contributed by atoms with Gasteiger partial charge in [-0.25, -0.2) is 4.84 Å². The minimum atomic E-state index is -2.00. The molecule has 0 bridgehead atoms. The van der Waals surface area contributed by atoms with E-state index in [1.54, 1.807) is 0 Å². The van der Waals surface area contributed by atoms with Gasteiger partial charge in [0.15, 0.2) is 11.9 Å². The van der Waals surface area contributed by atoms with E-state index in [1.807, 2.05) is 0 Å². The van der Waals surface area contributed by atoms with Gasteiger partial charge in [0, 0.05) is 6.92 Å². The van der Waals surface area contributed by atoms with Gasteiger partial charge in [-0.05, 0) is 18.7 Å². The fraction of sp³-hybridized carbons (Fsp3) is 0.500. The van der Waals surface area contributed by atoms with Gasteiger partial charge in [-0.1, -0.05) is 0 Å². The first kappa shape index (κ1) is 17.2. The maximum absolute atomic E-state index is 11.9. The molecule has 0 spiro atoms. The summed E-state index contributed by atoms with van der Waals surface area (Å²) in [5.74, 6) is -5.92. The number of aliphatic hydroxyl groups excluding tert-OH is 1. The average Bonchev–Trinajstić information content (AvgIpc) is 2.48. The van der Waals surface area contributed by atoms with Crippen LogP contribution in [0.3, 0.4) is 0 Å². The van der Waals surface area contributed by atoms with E-state index < -0.39 is 58.0 Å². The Kier molecular flexibility index (Phi) is 4.37. The van der Waals surface area contributed by atoms with Crippen molar-refractivity contribution in [1.29, 1.82) is 0 Å². The maximum atomic E-state index is 11.9. The summed E-state index contributed by atoms with van der Waals surface area (Å²) < 4.78 is 4.45. The molecule has 2 fully saturated rings. The number of thioether (sulfide) groups is 1. The predicted octanol–water partition coefficient (Wildman–Crippen LogP) is -2.05. The van der Waals surface area contributed by atoms with E-state index in [-0.39, 0.29) is 11.8 Å². The van der Waals surface area contributed by atoms with Gasteiger partial charge in [-0.2, -0.15) is 5.06 Å². The number of ether oxygens (including phenoxy) is 1. The van der Waals surface area contributed by atoms with Crippen LogP contribution in [-0.4, -0.2) is 62.3 Å². The van der Waals surface area contributed by atoms with Crippen molar-refractivity contribution in [2.45, 2.75) is 24.8 Å². The molecule has 0 radical (unpaired) electrons. The summed E-state index contributed by atoms with van der Waals surface area (Å²) in [4.78, 5) is 71.4. The number of hydrogen-bond donors (Lipinski definition) is 1. The third-order valence-electron chi connectivity index (χ3n) is 3.26. The molecule has 1 N–H and O–H groups in total. The van der Waals surface area contributed by atoms with Crippen LogP contribution in [0, 0.1) is 5.92 Å². The van der Waals surface area contributed by atoms with E-state index in [4.69, 9.17) is 4.84 Å². The molecule has 2 unspecified atom stereocenters. The number of rotatable bonds is 6. The van der Waals surface area contributed by atoms with Gasteiger partial charge in [0.25, 0.3) is 5.91 Å². The topological polar surface area (TPSA) is 144 Å². The number of ketones is 3.